The molecule has 1 aliphatic carbocycles. The molecular weight excluding hydrogens is 471 g/mol. The van der Waals surface area contributed by atoms with E-state index >= 15 is 0 Å². The van der Waals surface area contributed by atoms with Crippen LogP contribution in [0.15, 0.2) is 49.1 Å². The number of aromatic nitrogens is 5. The highest BCUT2D eigenvalue weighted by atomic mass is 19.1. The number of aryl methyl sites for hydroxylation is 2. The van der Waals surface area contributed by atoms with Crippen LogP contribution in [0, 0.1) is 18.7 Å². The standard InChI is InChI=1S/C28H29FN6O2/c1-16-10-21(29)20(11-25(16)34-13-23(31-15-34)18-6-7-18)28(37)33-26-5-3-4-22(32-26)27-30-12-19-8-9-24(35(19)27)17(2)14-36/h3-5,10-13,15,17-18,24,36H,6-9,14H2,1-2H3,(H,32,33,37)/t17-,24+/m0/s1. The maximum Gasteiger partial charge on any atom is 0.259 e. The number of halogens is 1. The van der Waals surface area contributed by atoms with Gasteiger partial charge in [0.2, 0.25) is 0 Å². The molecular formula is C28H29FN6O2. The SMILES string of the molecule is Cc1cc(F)c(C(=O)Nc2cccc(-c3ncc4n3[C@@H]([C@@H](C)CO)CC4)n2)cc1-n1cnc(C2CC2)c1. The van der Waals surface area contributed by atoms with Gasteiger partial charge >= 0.3 is 0 Å². The lowest BCUT2D eigenvalue weighted by Crippen LogP contribution is -2.18. The molecule has 2 aliphatic rings. The topological polar surface area (TPSA) is 97.9 Å². The Kier molecular flexibility index (Phi) is 5.87. The average molecular weight is 501 g/mol. The van der Waals surface area contributed by atoms with Crippen LogP contribution >= 0.6 is 0 Å². The smallest absolute Gasteiger partial charge is 0.259 e. The molecule has 6 rings (SSSR count). The maximum atomic E-state index is 14.9. The van der Waals surface area contributed by atoms with Crippen molar-refractivity contribution in [1.29, 1.82) is 0 Å². The highest BCUT2D eigenvalue weighted by Crippen LogP contribution is 2.39. The molecule has 1 saturated carbocycles. The first-order valence-electron chi connectivity index (χ1n) is 12.7. The van der Waals surface area contributed by atoms with Gasteiger partial charge in [0.1, 0.15) is 17.3 Å². The van der Waals surface area contributed by atoms with Crippen molar-refractivity contribution >= 4 is 11.7 Å². The second-order valence-electron chi connectivity index (χ2n) is 10.2. The van der Waals surface area contributed by atoms with Gasteiger partial charge in [-0.15, -0.1) is 0 Å². The first kappa shape index (κ1) is 23.5. The van der Waals surface area contributed by atoms with Crippen LogP contribution in [0.5, 0.6) is 0 Å². The Bertz CT molecular complexity index is 1490. The van der Waals surface area contributed by atoms with E-state index in [1.165, 1.54) is 6.07 Å². The molecule has 0 spiro atoms. The summed E-state index contributed by atoms with van der Waals surface area (Å²) < 4.78 is 18.9. The van der Waals surface area contributed by atoms with Gasteiger partial charge in [0, 0.05) is 42.6 Å². The minimum Gasteiger partial charge on any atom is -0.396 e. The summed E-state index contributed by atoms with van der Waals surface area (Å²) >= 11 is 0. The number of anilines is 1. The van der Waals surface area contributed by atoms with Gasteiger partial charge in [0.15, 0.2) is 5.82 Å². The molecule has 0 saturated heterocycles. The molecule has 1 aromatic carbocycles. The second-order valence-corrected chi connectivity index (χ2v) is 10.2. The normalized spacial score (nSPS) is 17.6. The zero-order valence-corrected chi connectivity index (χ0v) is 20.9. The molecule has 0 radical (unpaired) electrons. The molecule has 2 N–H and O–H groups in total. The van der Waals surface area contributed by atoms with Crippen molar-refractivity contribution < 1.29 is 14.3 Å². The molecule has 8 nitrogen and oxygen atoms in total. The molecule has 4 heterocycles. The Morgan fingerprint density at radius 2 is 2.08 bits per heavy atom. The average Bonchev–Trinajstić information content (AvgIpc) is 3.27. The number of pyridine rings is 1. The molecule has 1 amide bonds. The first-order valence-corrected chi connectivity index (χ1v) is 12.7. The van der Waals surface area contributed by atoms with Crippen molar-refractivity contribution in [3.63, 3.8) is 0 Å². The predicted octanol–water partition coefficient (Wildman–Crippen LogP) is 4.82. The van der Waals surface area contributed by atoms with Crippen LogP contribution in [0.1, 0.15) is 65.5 Å². The minimum absolute atomic E-state index is 0.0620. The minimum atomic E-state index is -0.593. The van der Waals surface area contributed by atoms with Gasteiger partial charge in [-0.1, -0.05) is 13.0 Å². The summed E-state index contributed by atoms with van der Waals surface area (Å²) in [6.45, 7) is 3.93. The van der Waals surface area contributed by atoms with Crippen molar-refractivity contribution in [2.45, 2.75) is 51.5 Å². The summed E-state index contributed by atoms with van der Waals surface area (Å²) in [6, 6.07) is 8.38. The van der Waals surface area contributed by atoms with E-state index in [0.29, 0.717) is 34.5 Å². The molecule has 1 fully saturated rings. The molecule has 1 aliphatic heterocycles. The number of fused-ring (bicyclic) bond motifs is 1. The quantitative estimate of drug-likeness (QED) is 0.379. The Morgan fingerprint density at radius 3 is 2.86 bits per heavy atom. The number of nitrogens with zero attached hydrogens (tertiary/aromatic N) is 5. The summed E-state index contributed by atoms with van der Waals surface area (Å²) in [7, 11) is 0. The highest BCUT2D eigenvalue weighted by molar-refractivity contribution is 6.04. The Hall–Kier alpha value is -3.85. The zero-order chi connectivity index (χ0) is 25.7. The summed E-state index contributed by atoms with van der Waals surface area (Å²) in [5.74, 6) is 0.428. The number of rotatable bonds is 7. The monoisotopic (exact) mass is 500 g/mol. The number of aliphatic hydroxyl groups excluding tert-OH is 1. The predicted molar refractivity (Wildman–Crippen MR) is 137 cm³/mol. The lowest BCUT2D eigenvalue weighted by Gasteiger charge is -2.21. The van der Waals surface area contributed by atoms with Crippen LogP contribution in [-0.2, 0) is 6.42 Å². The van der Waals surface area contributed by atoms with E-state index in [4.69, 9.17) is 0 Å². The highest BCUT2D eigenvalue weighted by Gasteiger charge is 2.30. The van der Waals surface area contributed by atoms with Gasteiger partial charge in [0.05, 0.1) is 23.3 Å². The van der Waals surface area contributed by atoms with Crippen LogP contribution in [0.25, 0.3) is 17.2 Å². The second kappa shape index (κ2) is 9.23. The fourth-order valence-electron chi connectivity index (χ4n) is 5.21. The van der Waals surface area contributed by atoms with E-state index in [9.17, 15) is 14.3 Å². The molecule has 3 aromatic heterocycles. The number of hydrogen-bond acceptors (Lipinski definition) is 5. The number of imidazole rings is 2. The summed E-state index contributed by atoms with van der Waals surface area (Å²) in [6.07, 6.45) is 9.64. The Balaban J connectivity index is 1.27. The fraction of sp³-hybridized carbons (Fsp3) is 0.357. The molecule has 190 valence electrons. The summed E-state index contributed by atoms with van der Waals surface area (Å²) in [5, 5.41) is 12.5. The number of nitrogens with one attached hydrogen (secondary N) is 1. The van der Waals surface area contributed by atoms with Crippen LogP contribution < -0.4 is 5.32 Å². The molecule has 2 atom stereocenters. The molecule has 0 bridgehead atoms. The van der Waals surface area contributed by atoms with Crippen molar-refractivity contribution in [2.24, 2.45) is 5.92 Å². The molecule has 37 heavy (non-hydrogen) atoms. The van der Waals surface area contributed by atoms with Crippen LogP contribution in [0.4, 0.5) is 10.2 Å². The number of amides is 1. The third-order valence-corrected chi connectivity index (χ3v) is 7.47. The molecule has 0 unspecified atom stereocenters. The van der Waals surface area contributed by atoms with Gasteiger partial charge in [-0.25, -0.2) is 19.3 Å². The maximum absolute atomic E-state index is 14.9. The Labute approximate surface area is 214 Å². The fourth-order valence-corrected chi connectivity index (χ4v) is 5.21. The number of hydrogen-bond donors (Lipinski definition) is 2. The summed E-state index contributed by atoms with van der Waals surface area (Å²) in [5.41, 5.74) is 4.11. The van der Waals surface area contributed by atoms with Gasteiger partial charge in [0.25, 0.3) is 5.91 Å². The first-order chi connectivity index (χ1) is 17.9. The van der Waals surface area contributed by atoms with Crippen molar-refractivity contribution in [3.05, 3.63) is 77.4 Å². The summed E-state index contributed by atoms with van der Waals surface area (Å²) in [4.78, 5) is 26.8. The lowest BCUT2D eigenvalue weighted by molar-refractivity contribution is 0.102. The lowest BCUT2D eigenvalue weighted by atomic mass is 10.0. The van der Waals surface area contributed by atoms with E-state index in [-0.39, 0.29) is 24.1 Å². The molecule has 4 aromatic rings. The number of benzene rings is 1. The van der Waals surface area contributed by atoms with Crippen LogP contribution in [0.3, 0.4) is 0 Å². The van der Waals surface area contributed by atoms with Crippen molar-refractivity contribution in [1.82, 2.24) is 24.1 Å². The van der Waals surface area contributed by atoms with E-state index < -0.39 is 11.7 Å². The van der Waals surface area contributed by atoms with Gasteiger partial charge in [-0.05, 0) is 62.4 Å². The van der Waals surface area contributed by atoms with Crippen molar-refractivity contribution in [2.75, 3.05) is 11.9 Å². The number of carbonyl (C=O) groups excluding carboxylic acids is 1. The van der Waals surface area contributed by atoms with Crippen LogP contribution in [-0.4, -0.2) is 41.7 Å². The third kappa shape index (κ3) is 4.33. The zero-order valence-electron chi connectivity index (χ0n) is 20.9. The van der Waals surface area contributed by atoms with E-state index in [1.54, 1.807) is 24.5 Å². The van der Waals surface area contributed by atoms with Crippen LogP contribution in [0.2, 0.25) is 0 Å². The van der Waals surface area contributed by atoms with E-state index in [2.05, 4.69) is 24.8 Å². The van der Waals surface area contributed by atoms with E-state index in [1.807, 2.05) is 36.9 Å². The largest absolute Gasteiger partial charge is 0.396 e. The van der Waals surface area contributed by atoms with Gasteiger partial charge in [-0.2, -0.15) is 0 Å². The number of aliphatic hydroxyl groups is 1. The Morgan fingerprint density at radius 1 is 1.24 bits per heavy atom. The van der Waals surface area contributed by atoms with E-state index in [0.717, 1.165) is 37.1 Å². The van der Waals surface area contributed by atoms with Gasteiger partial charge in [-0.3, -0.25) is 4.79 Å². The number of carbonyl (C=O) groups is 1. The van der Waals surface area contributed by atoms with Gasteiger partial charge < -0.3 is 19.6 Å². The van der Waals surface area contributed by atoms with Crippen molar-refractivity contribution in [3.8, 4) is 17.2 Å². The third-order valence-electron chi connectivity index (χ3n) is 7.47. The molecule has 9 heteroatoms.